The second-order valence-electron chi connectivity index (χ2n) is 13.4. The fourth-order valence-corrected chi connectivity index (χ4v) is 8.79. The van der Waals surface area contributed by atoms with E-state index in [9.17, 15) is 0 Å². The van der Waals surface area contributed by atoms with Crippen molar-refractivity contribution in [3.8, 4) is 0 Å². The van der Waals surface area contributed by atoms with E-state index in [-0.39, 0.29) is 0 Å². The van der Waals surface area contributed by atoms with Crippen molar-refractivity contribution in [1.82, 2.24) is 0 Å². The Hall–Kier alpha value is -4.50. The van der Waals surface area contributed by atoms with E-state index in [0.717, 1.165) is 33.1 Å². The van der Waals surface area contributed by atoms with E-state index in [1.54, 1.807) is 0 Å². The summed E-state index contributed by atoms with van der Waals surface area (Å²) in [6.07, 6.45) is 9.72. The molecule has 45 heavy (non-hydrogen) atoms. The molecule has 9 rings (SSSR count). The molecule has 7 aromatic rings. The molecule has 0 atom stereocenters. The van der Waals surface area contributed by atoms with Gasteiger partial charge in [0, 0.05) is 28.9 Å². The van der Waals surface area contributed by atoms with Crippen LogP contribution in [0.25, 0.3) is 43.9 Å². The fourth-order valence-electron chi connectivity index (χ4n) is 8.79. The van der Waals surface area contributed by atoms with Gasteiger partial charge in [0.05, 0.1) is 16.5 Å². The number of hydrogen-bond donors (Lipinski definition) is 0. The van der Waals surface area contributed by atoms with E-state index in [0.29, 0.717) is 23.9 Å². The lowest BCUT2D eigenvalue weighted by Crippen LogP contribution is -2.46. The minimum absolute atomic E-state index is 0.488. The zero-order valence-corrected chi connectivity index (χ0v) is 25.7. The molecule has 3 heteroatoms. The minimum atomic E-state index is 0.488. The van der Waals surface area contributed by atoms with Gasteiger partial charge in [0.25, 0.3) is 0 Å². The fraction of sp³-hybridized carbons (Fsp3) is 0.286. The molecular formula is C42H39NO2. The summed E-state index contributed by atoms with van der Waals surface area (Å²) in [6.45, 7) is 0. The molecule has 0 bridgehead atoms. The third kappa shape index (κ3) is 4.63. The van der Waals surface area contributed by atoms with Crippen LogP contribution in [-0.2, 0) is 0 Å². The van der Waals surface area contributed by atoms with Crippen LogP contribution in [0.2, 0.25) is 0 Å². The second kappa shape index (κ2) is 11.1. The maximum absolute atomic E-state index is 6.76. The van der Waals surface area contributed by atoms with Gasteiger partial charge >= 0.3 is 0 Å². The van der Waals surface area contributed by atoms with Gasteiger partial charge in [-0.05, 0) is 86.5 Å². The number of benzene rings is 5. The van der Waals surface area contributed by atoms with Gasteiger partial charge in [0.1, 0.15) is 22.3 Å². The van der Waals surface area contributed by atoms with Gasteiger partial charge in [0.2, 0.25) is 0 Å². The number of furan rings is 2. The number of anilines is 1. The van der Waals surface area contributed by atoms with Crippen molar-refractivity contribution in [1.29, 1.82) is 0 Å². The normalized spacial score (nSPS) is 22.4. The van der Waals surface area contributed by atoms with E-state index < -0.39 is 0 Å². The van der Waals surface area contributed by atoms with Gasteiger partial charge in [0.15, 0.2) is 0 Å². The van der Waals surface area contributed by atoms with Crippen molar-refractivity contribution in [3.63, 3.8) is 0 Å². The molecule has 2 fully saturated rings. The third-order valence-electron chi connectivity index (χ3n) is 11.0. The SMILES string of the molecule is c1ccc(C2CCC(N(c3cc4oc5ccccc5c4c4oc5ccccc5c34)C3CCC(c4ccccc4)CC3)CC2)cc1. The lowest BCUT2D eigenvalue weighted by Gasteiger charge is -2.46. The van der Waals surface area contributed by atoms with Gasteiger partial charge < -0.3 is 13.7 Å². The highest BCUT2D eigenvalue weighted by Crippen LogP contribution is 2.48. The lowest BCUT2D eigenvalue weighted by atomic mass is 9.78. The molecule has 0 radical (unpaired) electrons. The Labute approximate surface area is 264 Å². The average Bonchev–Trinajstić information content (AvgIpc) is 3.68. The monoisotopic (exact) mass is 589 g/mol. The Kier molecular flexibility index (Phi) is 6.65. The molecule has 0 spiro atoms. The summed E-state index contributed by atoms with van der Waals surface area (Å²) >= 11 is 0. The molecule has 2 saturated carbocycles. The Bertz CT molecular complexity index is 2030. The summed E-state index contributed by atoms with van der Waals surface area (Å²) in [4.78, 5) is 2.86. The van der Waals surface area contributed by atoms with Crippen LogP contribution in [-0.4, -0.2) is 12.1 Å². The van der Waals surface area contributed by atoms with E-state index in [1.807, 2.05) is 0 Å². The Balaban J connectivity index is 1.17. The van der Waals surface area contributed by atoms with Crippen molar-refractivity contribution in [2.45, 2.75) is 75.3 Å². The van der Waals surface area contributed by atoms with Crippen molar-refractivity contribution < 1.29 is 8.83 Å². The Morgan fingerprint density at radius 3 is 1.47 bits per heavy atom. The number of fused-ring (bicyclic) bond motifs is 7. The maximum atomic E-state index is 6.76. The van der Waals surface area contributed by atoms with Crippen LogP contribution in [0.4, 0.5) is 5.69 Å². The second-order valence-corrected chi connectivity index (χ2v) is 13.4. The van der Waals surface area contributed by atoms with Gasteiger partial charge in [-0.1, -0.05) is 97.1 Å². The summed E-state index contributed by atoms with van der Waals surface area (Å²) in [5.41, 5.74) is 8.06. The lowest BCUT2D eigenvalue weighted by molar-refractivity contribution is 0.311. The Morgan fingerprint density at radius 2 is 0.911 bits per heavy atom. The van der Waals surface area contributed by atoms with Gasteiger partial charge in [-0.25, -0.2) is 0 Å². The van der Waals surface area contributed by atoms with Gasteiger partial charge in [-0.15, -0.1) is 0 Å². The molecular weight excluding hydrogens is 550 g/mol. The number of nitrogens with zero attached hydrogens (tertiary/aromatic N) is 1. The molecule has 5 aromatic carbocycles. The third-order valence-corrected chi connectivity index (χ3v) is 11.0. The first-order valence-electron chi connectivity index (χ1n) is 17.0. The number of rotatable bonds is 5. The highest BCUT2D eigenvalue weighted by Gasteiger charge is 2.36. The highest BCUT2D eigenvalue weighted by atomic mass is 16.3. The molecule has 0 saturated heterocycles. The molecule has 3 nitrogen and oxygen atoms in total. The van der Waals surface area contributed by atoms with Crippen LogP contribution in [0, 0.1) is 0 Å². The van der Waals surface area contributed by atoms with Crippen LogP contribution >= 0.6 is 0 Å². The standard InChI is InChI=1S/C42H39NO2/c1-3-11-28(12-4-1)30-19-23-32(24-20-30)43(33-25-21-31(22-26-33)29-13-5-2-6-14-29)36-27-39-41(35-16-8-9-17-37(35)44-39)42-40(36)34-15-7-10-18-38(34)45-42/h1-18,27,30-33H,19-26H2. The van der Waals surface area contributed by atoms with E-state index in [2.05, 4.69) is 120 Å². The molecule has 2 heterocycles. The van der Waals surface area contributed by atoms with Gasteiger partial charge in [-0.2, -0.15) is 0 Å². The van der Waals surface area contributed by atoms with E-state index >= 15 is 0 Å². The average molecular weight is 590 g/mol. The molecule has 0 unspecified atom stereocenters. The van der Waals surface area contributed by atoms with E-state index in [1.165, 1.54) is 79.0 Å². The molecule has 0 amide bonds. The zero-order chi connectivity index (χ0) is 29.7. The zero-order valence-electron chi connectivity index (χ0n) is 25.7. The molecule has 0 aliphatic heterocycles. The minimum Gasteiger partial charge on any atom is -0.456 e. The van der Waals surface area contributed by atoms with Crippen LogP contribution in [0.15, 0.2) is 124 Å². The van der Waals surface area contributed by atoms with Crippen molar-refractivity contribution in [3.05, 3.63) is 126 Å². The summed E-state index contributed by atoms with van der Waals surface area (Å²) in [7, 11) is 0. The predicted molar refractivity (Wildman–Crippen MR) is 186 cm³/mol. The first-order chi connectivity index (χ1) is 22.3. The first-order valence-corrected chi connectivity index (χ1v) is 17.0. The van der Waals surface area contributed by atoms with Crippen LogP contribution in [0.3, 0.4) is 0 Å². The van der Waals surface area contributed by atoms with Crippen molar-refractivity contribution in [2.75, 3.05) is 4.90 Å². The summed E-state index contributed by atoms with van der Waals surface area (Å²) in [5.74, 6) is 1.29. The van der Waals surface area contributed by atoms with Crippen LogP contribution in [0.1, 0.15) is 74.3 Å². The first kappa shape index (κ1) is 26.9. The van der Waals surface area contributed by atoms with Crippen molar-refractivity contribution in [2.24, 2.45) is 0 Å². The molecule has 2 aromatic heterocycles. The number of para-hydroxylation sites is 2. The smallest absolute Gasteiger partial charge is 0.149 e. The summed E-state index contributed by atoms with van der Waals surface area (Å²) < 4.78 is 13.3. The molecule has 2 aliphatic carbocycles. The molecule has 224 valence electrons. The summed E-state index contributed by atoms with van der Waals surface area (Å²) in [5, 5.41) is 4.68. The largest absolute Gasteiger partial charge is 0.456 e. The quantitative estimate of drug-likeness (QED) is 0.200. The van der Waals surface area contributed by atoms with Crippen LogP contribution < -0.4 is 4.90 Å². The maximum Gasteiger partial charge on any atom is 0.149 e. The highest BCUT2D eigenvalue weighted by molar-refractivity contribution is 6.25. The molecule has 0 N–H and O–H groups in total. The predicted octanol–water partition coefficient (Wildman–Crippen LogP) is 11.7. The number of hydrogen-bond acceptors (Lipinski definition) is 3. The van der Waals surface area contributed by atoms with E-state index in [4.69, 9.17) is 8.83 Å². The Morgan fingerprint density at radius 1 is 0.444 bits per heavy atom. The van der Waals surface area contributed by atoms with Crippen molar-refractivity contribution >= 4 is 49.6 Å². The van der Waals surface area contributed by atoms with Gasteiger partial charge in [-0.3, -0.25) is 0 Å². The topological polar surface area (TPSA) is 29.5 Å². The van der Waals surface area contributed by atoms with Crippen LogP contribution in [0.5, 0.6) is 0 Å². The molecule has 2 aliphatic rings. The summed E-state index contributed by atoms with van der Waals surface area (Å²) in [6, 6.07) is 42.7.